The van der Waals surface area contributed by atoms with E-state index in [0.717, 1.165) is 16.5 Å². The van der Waals surface area contributed by atoms with E-state index in [0.29, 0.717) is 6.61 Å². The van der Waals surface area contributed by atoms with Gasteiger partial charge in [-0.15, -0.1) is 0 Å². The highest BCUT2D eigenvalue weighted by Gasteiger charge is 1.89. The highest BCUT2D eigenvalue weighted by molar-refractivity contribution is 14.2. The molecule has 0 N–H and O–H groups in total. The van der Waals surface area contributed by atoms with E-state index in [1.807, 2.05) is 12.2 Å². The lowest BCUT2D eigenvalue weighted by atomic mass is 10.2. The summed E-state index contributed by atoms with van der Waals surface area (Å²) in [4.78, 5) is 0. The molecular weight excluding hydrogens is 351 g/mol. The number of hydrogen-bond donors (Lipinski definition) is 0. The van der Waals surface area contributed by atoms with Gasteiger partial charge in [0.15, 0.2) is 0 Å². The maximum atomic E-state index is 5.09. The molecule has 0 saturated carbocycles. The molecule has 0 saturated heterocycles. The molecule has 0 bridgehead atoms. The first-order valence-electron chi connectivity index (χ1n) is 3.27. The maximum Gasteiger partial charge on any atom is 0.0663 e. The van der Waals surface area contributed by atoms with Crippen molar-refractivity contribution in [1.82, 2.24) is 0 Å². The molecule has 0 rings (SSSR count). The van der Waals surface area contributed by atoms with Gasteiger partial charge in [0.2, 0.25) is 0 Å². The minimum absolute atomic E-state index is 0.700. The first-order chi connectivity index (χ1) is 5.66. The molecule has 0 aromatic heterocycles. The summed E-state index contributed by atoms with van der Waals surface area (Å²) in [6.45, 7) is 8.23. The van der Waals surface area contributed by atoms with E-state index >= 15 is 0 Å². The first-order valence-corrected chi connectivity index (χ1v) is 7.35. The predicted octanol–water partition coefficient (Wildman–Crippen LogP) is 4.41. The Morgan fingerprint density at radius 1 is 1.50 bits per heavy atom. The van der Waals surface area contributed by atoms with Crippen LogP contribution in [0.25, 0.3) is 0 Å². The van der Waals surface area contributed by atoms with Crippen molar-refractivity contribution in [3.8, 4) is 0 Å². The van der Waals surface area contributed by atoms with Crippen molar-refractivity contribution in [3.63, 3.8) is 0 Å². The van der Waals surface area contributed by atoms with Gasteiger partial charge in [-0.05, 0) is 12.5 Å². The molecule has 0 aliphatic carbocycles. The summed E-state index contributed by atoms with van der Waals surface area (Å²) in [7, 11) is 1.35. The van der Waals surface area contributed by atoms with Gasteiger partial charge in [0.1, 0.15) is 0 Å². The molecule has 0 atom stereocenters. The van der Waals surface area contributed by atoms with Gasteiger partial charge in [-0.2, -0.15) is 0 Å². The molecule has 0 heterocycles. The van der Waals surface area contributed by atoms with Crippen molar-refractivity contribution >= 4 is 46.3 Å². The average Bonchev–Trinajstić information content (AvgIpc) is 2.01. The third-order valence-corrected chi connectivity index (χ3v) is 2.33. The average molecular weight is 361 g/mol. The molecule has 12 heavy (non-hydrogen) atoms. The summed E-state index contributed by atoms with van der Waals surface area (Å²) < 4.78 is 5.94. The second kappa shape index (κ2) is 8.34. The second-order valence-corrected chi connectivity index (χ2v) is 4.53. The molecule has 0 amide bonds. The fraction of sp³-hybridized carbons (Fsp3) is 0.250. The Bertz CT molecular complexity index is 191. The molecule has 0 spiro atoms. The van der Waals surface area contributed by atoms with Crippen LogP contribution in [0.4, 0.5) is 0 Å². The fourth-order valence-electron chi connectivity index (χ4n) is 0.496. The molecule has 68 valence electrons. The third kappa shape index (κ3) is 8.83. The molecule has 0 aliphatic heterocycles. The van der Waals surface area contributed by atoms with Crippen molar-refractivity contribution in [2.75, 3.05) is 6.61 Å². The minimum Gasteiger partial charge on any atom is -0.305 e. The molecule has 0 fully saturated rings. The standard InChI is InChI=1S/C8H10BrIOS/c1-7(3-4-8(2)9)5-6-11-12-10/h3-4H,1-2,5-6H2/b4-3-. The zero-order chi connectivity index (χ0) is 9.40. The monoisotopic (exact) mass is 360 g/mol. The summed E-state index contributed by atoms with van der Waals surface area (Å²) in [5, 5.41) is 0. The number of allylic oxidation sites excluding steroid dienone is 3. The number of rotatable bonds is 6. The van der Waals surface area contributed by atoms with Crippen LogP contribution in [0.5, 0.6) is 0 Å². The van der Waals surface area contributed by atoms with E-state index < -0.39 is 0 Å². The van der Waals surface area contributed by atoms with Crippen LogP contribution in [0.2, 0.25) is 0 Å². The number of hydrogen-bond acceptors (Lipinski definition) is 2. The van der Waals surface area contributed by atoms with Crippen molar-refractivity contribution in [3.05, 3.63) is 35.4 Å². The Morgan fingerprint density at radius 2 is 2.17 bits per heavy atom. The fourth-order valence-corrected chi connectivity index (χ4v) is 1.31. The zero-order valence-electron chi connectivity index (χ0n) is 6.56. The van der Waals surface area contributed by atoms with Crippen LogP contribution in [0, 0.1) is 0 Å². The minimum atomic E-state index is 0.700. The van der Waals surface area contributed by atoms with Crippen molar-refractivity contribution in [2.45, 2.75) is 6.42 Å². The Balaban J connectivity index is 3.53. The van der Waals surface area contributed by atoms with Gasteiger partial charge in [0, 0.05) is 25.7 Å². The van der Waals surface area contributed by atoms with E-state index in [1.165, 1.54) is 9.21 Å². The largest absolute Gasteiger partial charge is 0.305 e. The summed E-state index contributed by atoms with van der Waals surface area (Å²) in [6.07, 6.45) is 4.66. The zero-order valence-corrected chi connectivity index (χ0v) is 11.1. The van der Waals surface area contributed by atoms with Crippen LogP contribution < -0.4 is 0 Å². The summed E-state index contributed by atoms with van der Waals surface area (Å²) in [6, 6.07) is 0. The lowest BCUT2D eigenvalue weighted by Gasteiger charge is -1.97. The van der Waals surface area contributed by atoms with Gasteiger partial charge in [-0.3, -0.25) is 0 Å². The molecule has 4 heteroatoms. The lowest BCUT2D eigenvalue weighted by molar-refractivity contribution is 0.387. The Hall–Kier alpha value is 0.740. The number of halogens is 2. The van der Waals surface area contributed by atoms with Gasteiger partial charge in [0.25, 0.3) is 0 Å². The highest BCUT2D eigenvalue weighted by atomic mass is 127. The normalized spacial score (nSPS) is 10.5. The topological polar surface area (TPSA) is 9.23 Å². The molecule has 0 radical (unpaired) electrons. The van der Waals surface area contributed by atoms with E-state index in [1.54, 1.807) is 0 Å². The molecule has 0 unspecified atom stereocenters. The van der Waals surface area contributed by atoms with Gasteiger partial charge in [-0.1, -0.05) is 40.7 Å². The molecule has 0 aromatic rings. The van der Waals surface area contributed by atoms with Gasteiger partial charge in [-0.25, -0.2) is 0 Å². The summed E-state index contributed by atoms with van der Waals surface area (Å²) >= 11 is 5.32. The smallest absolute Gasteiger partial charge is 0.0663 e. The van der Waals surface area contributed by atoms with Crippen LogP contribution in [0.15, 0.2) is 35.4 Å². The Kier molecular flexibility index (Phi) is 8.86. The van der Waals surface area contributed by atoms with Gasteiger partial charge >= 0.3 is 0 Å². The SMILES string of the molecule is C=C(Br)/C=C\C(=C)CCOSI. The van der Waals surface area contributed by atoms with Gasteiger partial charge in [0.05, 0.1) is 15.8 Å². The van der Waals surface area contributed by atoms with Crippen LogP contribution in [0.1, 0.15) is 6.42 Å². The third-order valence-electron chi connectivity index (χ3n) is 1.05. The molecular formula is C8H10BrIOS. The van der Waals surface area contributed by atoms with Crippen LogP contribution in [-0.2, 0) is 4.18 Å². The molecule has 0 aliphatic rings. The van der Waals surface area contributed by atoms with Crippen molar-refractivity contribution in [1.29, 1.82) is 0 Å². The van der Waals surface area contributed by atoms with Crippen LogP contribution >= 0.6 is 46.3 Å². The van der Waals surface area contributed by atoms with E-state index in [-0.39, 0.29) is 0 Å². The first kappa shape index (κ1) is 12.7. The van der Waals surface area contributed by atoms with E-state index in [2.05, 4.69) is 50.3 Å². The molecule has 0 aromatic carbocycles. The quantitative estimate of drug-likeness (QED) is 0.300. The van der Waals surface area contributed by atoms with Crippen LogP contribution in [-0.4, -0.2) is 6.61 Å². The maximum absolute atomic E-state index is 5.09. The highest BCUT2D eigenvalue weighted by Crippen LogP contribution is 2.14. The molecule has 1 nitrogen and oxygen atoms in total. The van der Waals surface area contributed by atoms with E-state index in [9.17, 15) is 0 Å². The second-order valence-electron chi connectivity index (χ2n) is 2.07. The van der Waals surface area contributed by atoms with E-state index in [4.69, 9.17) is 4.18 Å². The van der Waals surface area contributed by atoms with Crippen molar-refractivity contribution in [2.24, 2.45) is 0 Å². The predicted molar refractivity (Wildman–Crippen MR) is 68.5 cm³/mol. The lowest BCUT2D eigenvalue weighted by Crippen LogP contribution is -1.85. The van der Waals surface area contributed by atoms with Crippen LogP contribution in [0.3, 0.4) is 0 Å². The van der Waals surface area contributed by atoms with Crippen molar-refractivity contribution < 1.29 is 4.18 Å². The summed E-state index contributed by atoms with van der Waals surface area (Å²) in [5.41, 5.74) is 1.04. The Morgan fingerprint density at radius 3 is 2.67 bits per heavy atom. The Labute approximate surface area is 98.2 Å². The van der Waals surface area contributed by atoms with Gasteiger partial charge < -0.3 is 4.18 Å². The summed E-state index contributed by atoms with van der Waals surface area (Å²) in [5.74, 6) is 0.